The summed E-state index contributed by atoms with van der Waals surface area (Å²) in [5.74, 6) is -0.261. The lowest BCUT2D eigenvalue weighted by Gasteiger charge is -2.24. The third kappa shape index (κ3) is 6.08. The maximum absolute atomic E-state index is 12.4. The number of hydrogen-bond donors (Lipinski definition) is 1. The molecule has 1 N–H and O–H groups in total. The van der Waals surface area contributed by atoms with Crippen LogP contribution in [0.1, 0.15) is 37.7 Å². The summed E-state index contributed by atoms with van der Waals surface area (Å²) in [5.41, 5.74) is 1.11. The number of pyridine rings is 1. The van der Waals surface area contributed by atoms with Gasteiger partial charge in [0.1, 0.15) is 0 Å². The van der Waals surface area contributed by atoms with Gasteiger partial charge in [-0.2, -0.15) is 0 Å². The second kappa shape index (κ2) is 9.94. The van der Waals surface area contributed by atoms with Crippen molar-refractivity contribution in [1.29, 1.82) is 0 Å². The molecule has 2 amide bonds. The van der Waals surface area contributed by atoms with Crippen LogP contribution in [0.5, 0.6) is 0 Å². The van der Waals surface area contributed by atoms with E-state index < -0.39 is 0 Å². The van der Waals surface area contributed by atoms with E-state index in [1.807, 2.05) is 0 Å². The molecule has 0 aliphatic carbocycles. The SMILES string of the molecule is O=C(CN1CCCCCCC1=O)Nc1ccc(=O)n(Cc2ccc(Cl)c(Cl)c2)c1. The predicted molar refractivity (Wildman–Crippen MR) is 115 cm³/mol. The minimum atomic E-state index is -0.279. The van der Waals surface area contributed by atoms with E-state index in [1.54, 1.807) is 35.4 Å². The first-order valence-electron chi connectivity index (χ1n) is 9.64. The van der Waals surface area contributed by atoms with Gasteiger partial charge in [0.05, 0.1) is 28.8 Å². The first kappa shape index (κ1) is 21.4. The highest BCUT2D eigenvalue weighted by Gasteiger charge is 2.18. The molecule has 1 aliphatic rings. The fourth-order valence-corrected chi connectivity index (χ4v) is 3.64. The zero-order valence-electron chi connectivity index (χ0n) is 16.0. The molecule has 0 unspecified atom stereocenters. The molecule has 0 atom stereocenters. The van der Waals surface area contributed by atoms with Crippen LogP contribution in [0.25, 0.3) is 0 Å². The highest BCUT2D eigenvalue weighted by Crippen LogP contribution is 2.23. The summed E-state index contributed by atoms with van der Waals surface area (Å²) >= 11 is 12.0. The van der Waals surface area contributed by atoms with Crippen molar-refractivity contribution in [2.45, 2.75) is 38.6 Å². The number of carbonyl (C=O) groups is 2. The summed E-state index contributed by atoms with van der Waals surface area (Å²) in [7, 11) is 0. The van der Waals surface area contributed by atoms with Crippen molar-refractivity contribution in [3.63, 3.8) is 0 Å². The zero-order chi connectivity index (χ0) is 20.8. The molecule has 2 heterocycles. The molecule has 6 nitrogen and oxygen atoms in total. The van der Waals surface area contributed by atoms with Crippen LogP contribution in [0.3, 0.4) is 0 Å². The molecule has 1 saturated heterocycles. The van der Waals surface area contributed by atoms with Gasteiger partial charge in [-0.25, -0.2) is 0 Å². The van der Waals surface area contributed by atoms with Crippen molar-refractivity contribution in [2.24, 2.45) is 0 Å². The smallest absolute Gasteiger partial charge is 0.250 e. The van der Waals surface area contributed by atoms with Gasteiger partial charge in [0, 0.05) is 25.2 Å². The standard InChI is InChI=1S/C21H23Cl2N3O3/c22-17-8-6-15(11-18(17)23)12-26-13-16(7-9-21(26)29)24-19(27)14-25-10-4-2-1-3-5-20(25)28/h6-9,11,13H,1-5,10,12,14H2,(H,24,27). The number of amides is 2. The van der Waals surface area contributed by atoms with E-state index in [0.29, 0.717) is 35.2 Å². The Morgan fingerprint density at radius 1 is 1.00 bits per heavy atom. The number of anilines is 1. The number of halogens is 2. The van der Waals surface area contributed by atoms with E-state index in [4.69, 9.17) is 23.2 Å². The predicted octanol–water partition coefficient (Wildman–Crippen LogP) is 3.93. The lowest BCUT2D eigenvalue weighted by molar-refractivity contribution is -0.135. The van der Waals surface area contributed by atoms with Crippen molar-refractivity contribution in [2.75, 3.05) is 18.4 Å². The van der Waals surface area contributed by atoms with Crippen LogP contribution in [-0.2, 0) is 16.1 Å². The van der Waals surface area contributed by atoms with Crippen LogP contribution in [-0.4, -0.2) is 34.4 Å². The van der Waals surface area contributed by atoms with E-state index >= 15 is 0 Å². The Labute approximate surface area is 179 Å². The quantitative estimate of drug-likeness (QED) is 0.772. The van der Waals surface area contributed by atoms with Crippen molar-refractivity contribution in [1.82, 2.24) is 9.47 Å². The van der Waals surface area contributed by atoms with Crippen LogP contribution in [0.15, 0.2) is 41.3 Å². The molecule has 1 aromatic carbocycles. The molecular formula is C21H23Cl2N3O3. The minimum absolute atomic E-state index is 0.0180. The molecular weight excluding hydrogens is 413 g/mol. The highest BCUT2D eigenvalue weighted by molar-refractivity contribution is 6.42. The Balaban J connectivity index is 1.67. The number of aromatic nitrogens is 1. The monoisotopic (exact) mass is 435 g/mol. The molecule has 8 heteroatoms. The topological polar surface area (TPSA) is 71.4 Å². The van der Waals surface area contributed by atoms with Crippen LogP contribution >= 0.6 is 23.2 Å². The third-order valence-corrected chi connectivity index (χ3v) is 5.60. The first-order valence-corrected chi connectivity index (χ1v) is 10.4. The van der Waals surface area contributed by atoms with Gasteiger partial charge >= 0.3 is 0 Å². The van der Waals surface area contributed by atoms with Crippen molar-refractivity contribution in [3.8, 4) is 0 Å². The lowest BCUT2D eigenvalue weighted by Crippen LogP contribution is -2.39. The highest BCUT2D eigenvalue weighted by atomic mass is 35.5. The second-order valence-electron chi connectivity index (χ2n) is 7.16. The van der Waals surface area contributed by atoms with Crippen LogP contribution in [0, 0.1) is 0 Å². The van der Waals surface area contributed by atoms with Crippen molar-refractivity contribution in [3.05, 3.63) is 62.5 Å². The van der Waals surface area contributed by atoms with Gasteiger partial charge in [-0.05, 0) is 36.6 Å². The zero-order valence-corrected chi connectivity index (χ0v) is 17.5. The van der Waals surface area contributed by atoms with E-state index in [9.17, 15) is 14.4 Å². The molecule has 3 rings (SSSR count). The van der Waals surface area contributed by atoms with Gasteiger partial charge in [0.15, 0.2) is 0 Å². The molecule has 0 bridgehead atoms. The fraction of sp³-hybridized carbons (Fsp3) is 0.381. The van der Waals surface area contributed by atoms with Crippen LogP contribution in [0.4, 0.5) is 5.69 Å². The van der Waals surface area contributed by atoms with Crippen LogP contribution < -0.4 is 10.9 Å². The van der Waals surface area contributed by atoms with Gasteiger partial charge in [0.25, 0.3) is 5.56 Å². The van der Waals surface area contributed by atoms with E-state index in [2.05, 4.69) is 5.32 Å². The minimum Gasteiger partial charge on any atom is -0.333 e. The summed E-state index contributed by atoms with van der Waals surface area (Å²) in [6.07, 6.45) is 5.99. The second-order valence-corrected chi connectivity index (χ2v) is 7.97. The number of nitrogens with zero attached hydrogens (tertiary/aromatic N) is 2. The van der Waals surface area contributed by atoms with E-state index in [-0.39, 0.29) is 23.9 Å². The number of likely N-dealkylation sites (tertiary alicyclic amines) is 1. The molecule has 154 valence electrons. The Bertz CT molecular complexity index is 958. The summed E-state index contributed by atoms with van der Waals surface area (Å²) in [5, 5.41) is 3.64. The van der Waals surface area contributed by atoms with Gasteiger partial charge in [-0.15, -0.1) is 0 Å². The molecule has 29 heavy (non-hydrogen) atoms. The maximum Gasteiger partial charge on any atom is 0.250 e. The fourth-order valence-electron chi connectivity index (χ4n) is 3.32. The van der Waals surface area contributed by atoms with Crippen molar-refractivity contribution < 1.29 is 9.59 Å². The van der Waals surface area contributed by atoms with Gasteiger partial charge in [-0.3, -0.25) is 14.4 Å². The van der Waals surface area contributed by atoms with E-state index in [0.717, 1.165) is 31.2 Å². The first-order chi connectivity index (χ1) is 13.9. The van der Waals surface area contributed by atoms with Gasteiger partial charge in [0.2, 0.25) is 11.8 Å². The van der Waals surface area contributed by atoms with E-state index in [1.165, 1.54) is 10.6 Å². The molecule has 0 saturated carbocycles. The molecule has 0 spiro atoms. The van der Waals surface area contributed by atoms with Crippen LogP contribution in [0.2, 0.25) is 10.0 Å². The Kier molecular flexibility index (Phi) is 7.34. The number of hydrogen-bond acceptors (Lipinski definition) is 3. The number of carbonyl (C=O) groups excluding carboxylic acids is 2. The molecule has 1 aliphatic heterocycles. The summed E-state index contributed by atoms with van der Waals surface area (Å²) in [6.45, 7) is 0.915. The summed E-state index contributed by atoms with van der Waals surface area (Å²) in [4.78, 5) is 38.4. The lowest BCUT2D eigenvalue weighted by atomic mass is 10.1. The summed E-state index contributed by atoms with van der Waals surface area (Å²) in [6, 6.07) is 8.13. The average Bonchev–Trinajstić information content (AvgIpc) is 2.67. The number of benzene rings is 1. The van der Waals surface area contributed by atoms with Gasteiger partial charge in [-0.1, -0.05) is 42.1 Å². The average molecular weight is 436 g/mol. The summed E-state index contributed by atoms with van der Waals surface area (Å²) < 4.78 is 1.48. The Morgan fingerprint density at radius 3 is 2.59 bits per heavy atom. The van der Waals surface area contributed by atoms with Gasteiger partial charge < -0.3 is 14.8 Å². The Morgan fingerprint density at radius 2 is 1.79 bits per heavy atom. The third-order valence-electron chi connectivity index (χ3n) is 4.86. The largest absolute Gasteiger partial charge is 0.333 e. The molecule has 1 fully saturated rings. The number of nitrogens with one attached hydrogen (secondary N) is 1. The molecule has 1 aromatic heterocycles. The number of rotatable bonds is 5. The maximum atomic E-state index is 12.4. The van der Waals surface area contributed by atoms with Crippen molar-refractivity contribution >= 4 is 40.7 Å². The normalized spacial score (nSPS) is 15.0. The molecule has 2 aromatic rings. The molecule has 0 radical (unpaired) electrons. The Hall–Kier alpha value is -2.31.